The lowest BCUT2D eigenvalue weighted by molar-refractivity contribution is 0.0437. The van der Waals surface area contributed by atoms with Gasteiger partial charge in [-0.1, -0.05) is 12.1 Å². The van der Waals surface area contributed by atoms with Crippen molar-refractivity contribution in [2.24, 2.45) is 0 Å². The first-order chi connectivity index (χ1) is 11.8. The number of hydrogen-bond donors (Lipinski definition) is 0. The van der Waals surface area contributed by atoms with Crippen LogP contribution in [0.25, 0.3) is 11.0 Å². The SMILES string of the molecule is O=C(c1cnc2ccccc2n1)N(C[C@H]1CCCO1)[C@@H]1CCSC1. The maximum atomic E-state index is 13.1. The zero-order chi connectivity index (χ0) is 16.4. The number of hydrogen-bond acceptors (Lipinski definition) is 5. The summed E-state index contributed by atoms with van der Waals surface area (Å²) in [6.07, 6.45) is 4.93. The molecule has 0 saturated carbocycles. The highest BCUT2D eigenvalue weighted by Crippen LogP contribution is 2.26. The van der Waals surface area contributed by atoms with Crippen molar-refractivity contribution in [2.75, 3.05) is 24.7 Å². The molecule has 0 N–H and O–H groups in total. The summed E-state index contributed by atoms with van der Waals surface area (Å²) >= 11 is 1.91. The number of carbonyl (C=O) groups is 1. The molecule has 0 unspecified atom stereocenters. The Bertz CT molecular complexity index is 727. The molecule has 0 spiro atoms. The number of benzene rings is 1. The van der Waals surface area contributed by atoms with E-state index in [4.69, 9.17) is 4.74 Å². The minimum Gasteiger partial charge on any atom is -0.376 e. The number of para-hydroxylation sites is 2. The molecular weight excluding hydrogens is 322 g/mol. The predicted octanol–water partition coefficient (Wildman–Crippen LogP) is 2.76. The van der Waals surface area contributed by atoms with Crippen LogP contribution >= 0.6 is 11.8 Å². The van der Waals surface area contributed by atoms with E-state index >= 15 is 0 Å². The first kappa shape index (κ1) is 15.8. The molecular formula is C18H21N3O2S. The van der Waals surface area contributed by atoms with Crippen molar-refractivity contribution in [1.29, 1.82) is 0 Å². The minimum atomic E-state index is -0.0174. The molecule has 1 amide bonds. The van der Waals surface area contributed by atoms with Gasteiger partial charge in [-0.05, 0) is 37.1 Å². The fourth-order valence-corrected chi connectivity index (χ4v) is 4.60. The Balaban J connectivity index is 1.60. The van der Waals surface area contributed by atoms with Crippen LogP contribution in [-0.4, -0.2) is 57.6 Å². The predicted molar refractivity (Wildman–Crippen MR) is 95.3 cm³/mol. The fourth-order valence-electron chi connectivity index (χ4n) is 3.38. The molecule has 2 atom stereocenters. The minimum absolute atomic E-state index is 0.0174. The van der Waals surface area contributed by atoms with Crippen LogP contribution in [0.1, 0.15) is 29.8 Å². The molecule has 1 aromatic heterocycles. The number of ether oxygens (including phenoxy) is 1. The van der Waals surface area contributed by atoms with Gasteiger partial charge in [0.15, 0.2) is 0 Å². The maximum absolute atomic E-state index is 13.1. The normalized spacial score (nSPS) is 23.7. The summed E-state index contributed by atoms with van der Waals surface area (Å²) in [5.41, 5.74) is 2.01. The molecule has 3 heterocycles. The van der Waals surface area contributed by atoms with E-state index in [1.165, 1.54) is 0 Å². The standard InChI is InChI=1S/C18H21N3O2S/c22-18(17-10-19-15-5-1-2-6-16(15)20-17)21(13-7-9-24-12-13)11-14-4-3-8-23-14/h1-2,5-6,10,13-14H,3-4,7-9,11-12H2/t13-,14-/m1/s1. The van der Waals surface area contributed by atoms with E-state index in [0.29, 0.717) is 12.2 Å². The third kappa shape index (κ3) is 3.26. The van der Waals surface area contributed by atoms with Gasteiger partial charge in [-0.3, -0.25) is 9.78 Å². The van der Waals surface area contributed by atoms with Gasteiger partial charge in [0, 0.05) is 24.9 Å². The monoisotopic (exact) mass is 343 g/mol. The van der Waals surface area contributed by atoms with E-state index in [0.717, 1.165) is 48.4 Å². The zero-order valence-corrected chi connectivity index (χ0v) is 14.4. The van der Waals surface area contributed by atoms with Crippen molar-refractivity contribution in [3.8, 4) is 0 Å². The van der Waals surface area contributed by atoms with Gasteiger partial charge < -0.3 is 9.64 Å². The number of fused-ring (bicyclic) bond motifs is 1. The van der Waals surface area contributed by atoms with Gasteiger partial charge in [0.2, 0.25) is 0 Å². The molecule has 0 aliphatic carbocycles. The van der Waals surface area contributed by atoms with Crippen LogP contribution in [0.3, 0.4) is 0 Å². The zero-order valence-electron chi connectivity index (χ0n) is 13.6. The molecule has 2 aliphatic heterocycles. The molecule has 5 nitrogen and oxygen atoms in total. The van der Waals surface area contributed by atoms with Gasteiger partial charge in [0.05, 0.1) is 23.3 Å². The smallest absolute Gasteiger partial charge is 0.274 e. The van der Waals surface area contributed by atoms with Crippen molar-refractivity contribution < 1.29 is 9.53 Å². The van der Waals surface area contributed by atoms with Gasteiger partial charge >= 0.3 is 0 Å². The third-order valence-corrected chi connectivity index (χ3v) is 5.84. The van der Waals surface area contributed by atoms with Crippen molar-refractivity contribution in [3.63, 3.8) is 0 Å². The molecule has 2 aliphatic rings. The Morgan fingerprint density at radius 2 is 2.17 bits per heavy atom. The van der Waals surface area contributed by atoms with E-state index in [1.54, 1.807) is 6.20 Å². The van der Waals surface area contributed by atoms with Gasteiger partial charge in [0.25, 0.3) is 5.91 Å². The first-order valence-corrected chi connectivity index (χ1v) is 9.69. The highest BCUT2D eigenvalue weighted by molar-refractivity contribution is 7.99. The van der Waals surface area contributed by atoms with Crippen LogP contribution in [0, 0.1) is 0 Å². The molecule has 4 rings (SSSR count). The number of carbonyl (C=O) groups excluding carboxylic acids is 1. The number of nitrogens with zero attached hydrogens (tertiary/aromatic N) is 3. The van der Waals surface area contributed by atoms with Gasteiger partial charge in [0.1, 0.15) is 5.69 Å². The molecule has 24 heavy (non-hydrogen) atoms. The lowest BCUT2D eigenvalue weighted by Gasteiger charge is -2.30. The van der Waals surface area contributed by atoms with E-state index in [9.17, 15) is 4.79 Å². The fraction of sp³-hybridized carbons (Fsp3) is 0.500. The quantitative estimate of drug-likeness (QED) is 0.854. The highest BCUT2D eigenvalue weighted by atomic mass is 32.2. The van der Waals surface area contributed by atoms with Crippen molar-refractivity contribution in [2.45, 2.75) is 31.4 Å². The van der Waals surface area contributed by atoms with Gasteiger partial charge in [-0.15, -0.1) is 0 Å². The highest BCUT2D eigenvalue weighted by Gasteiger charge is 2.32. The molecule has 2 aromatic rings. The Labute approximate surface area is 145 Å². The molecule has 126 valence electrons. The van der Waals surface area contributed by atoms with E-state index < -0.39 is 0 Å². The van der Waals surface area contributed by atoms with Crippen LogP contribution in [0.15, 0.2) is 30.5 Å². The molecule has 2 fully saturated rings. The second-order valence-electron chi connectivity index (χ2n) is 6.35. The Morgan fingerprint density at radius 1 is 1.29 bits per heavy atom. The summed E-state index contributed by atoms with van der Waals surface area (Å²) in [4.78, 5) is 24.0. The maximum Gasteiger partial charge on any atom is 0.274 e. The Hall–Kier alpha value is -1.66. The lowest BCUT2D eigenvalue weighted by Crippen LogP contribution is -2.45. The lowest BCUT2D eigenvalue weighted by atomic mass is 10.1. The molecule has 0 bridgehead atoms. The largest absolute Gasteiger partial charge is 0.376 e. The van der Waals surface area contributed by atoms with Crippen LogP contribution in [0.2, 0.25) is 0 Å². The van der Waals surface area contributed by atoms with Crippen LogP contribution in [-0.2, 0) is 4.74 Å². The van der Waals surface area contributed by atoms with E-state index in [2.05, 4.69) is 9.97 Å². The molecule has 2 saturated heterocycles. The number of thioether (sulfide) groups is 1. The second kappa shape index (κ2) is 7.07. The third-order valence-electron chi connectivity index (χ3n) is 4.70. The summed E-state index contributed by atoms with van der Waals surface area (Å²) in [6, 6.07) is 7.93. The van der Waals surface area contributed by atoms with E-state index in [1.807, 2.05) is 40.9 Å². The summed E-state index contributed by atoms with van der Waals surface area (Å²) < 4.78 is 5.76. The summed E-state index contributed by atoms with van der Waals surface area (Å²) in [5, 5.41) is 0. The summed E-state index contributed by atoms with van der Waals surface area (Å²) in [6.45, 7) is 1.47. The molecule has 1 aromatic carbocycles. The van der Waals surface area contributed by atoms with Crippen LogP contribution in [0.4, 0.5) is 0 Å². The average molecular weight is 343 g/mol. The number of amides is 1. The molecule has 6 heteroatoms. The number of aromatic nitrogens is 2. The average Bonchev–Trinajstić information content (AvgIpc) is 3.32. The second-order valence-corrected chi connectivity index (χ2v) is 7.50. The summed E-state index contributed by atoms with van der Waals surface area (Å²) in [7, 11) is 0. The topological polar surface area (TPSA) is 55.3 Å². The van der Waals surface area contributed by atoms with Crippen molar-refractivity contribution >= 4 is 28.7 Å². The van der Waals surface area contributed by atoms with Gasteiger partial charge in [-0.25, -0.2) is 4.98 Å². The first-order valence-electron chi connectivity index (χ1n) is 8.53. The van der Waals surface area contributed by atoms with Gasteiger partial charge in [-0.2, -0.15) is 11.8 Å². The molecule has 0 radical (unpaired) electrons. The Morgan fingerprint density at radius 3 is 2.92 bits per heavy atom. The van der Waals surface area contributed by atoms with Crippen molar-refractivity contribution in [3.05, 3.63) is 36.2 Å². The summed E-state index contributed by atoms with van der Waals surface area (Å²) in [5.74, 6) is 2.10. The van der Waals surface area contributed by atoms with Crippen molar-refractivity contribution in [1.82, 2.24) is 14.9 Å². The van der Waals surface area contributed by atoms with Crippen LogP contribution < -0.4 is 0 Å². The Kier molecular flexibility index (Phi) is 4.67. The number of rotatable bonds is 4. The van der Waals surface area contributed by atoms with Crippen LogP contribution in [0.5, 0.6) is 0 Å². The van der Waals surface area contributed by atoms with E-state index in [-0.39, 0.29) is 18.1 Å².